The molecule has 1 aliphatic carbocycles. The highest BCUT2D eigenvalue weighted by Crippen LogP contribution is 2.51. The molecule has 5 heteroatoms. The first kappa shape index (κ1) is 18.4. The summed E-state index contributed by atoms with van der Waals surface area (Å²) in [5.74, 6) is -0.0645. The van der Waals surface area contributed by atoms with Crippen molar-refractivity contribution in [2.75, 3.05) is 19.6 Å². The third-order valence-corrected chi connectivity index (χ3v) is 6.92. The van der Waals surface area contributed by atoms with E-state index in [9.17, 15) is 14.6 Å². The third-order valence-electron chi connectivity index (χ3n) is 6.92. The van der Waals surface area contributed by atoms with Gasteiger partial charge in [0.2, 0.25) is 0 Å². The third kappa shape index (κ3) is 2.72. The van der Waals surface area contributed by atoms with Crippen molar-refractivity contribution < 1.29 is 14.6 Å². The summed E-state index contributed by atoms with van der Waals surface area (Å²) in [5.41, 5.74) is 2.35. The molecule has 29 heavy (non-hydrogen) atoms. The molecule has 0 unspecified atom stereocenters. The van der Waals surface area contributed by atoms with Crippen molar-refractivity contribution in [3.8, 4) is 5.75 Å². The largest absolute Gasteiger partial charge is 0.508 e. The summed E-state index contributed by atoms with van der Waals surface area (Å²) in [6, 6.07) is 12.1. The molecule has 1 aliphatic heterocycles. The summed E-state index contributed by atoms with van der Waals surface area (Å²) in [7, 11) is 0. The molecule has 5 rings (SSSR count). The maximum Gasteiger partial charge on any atom is 0.123 e. The average molecular weight is 392 g/mol. The minimum atomic E-state index is -1.03. The van der Waals surface area contributed by atoms with E-state index < -0.39 is 11.0 Å². The lowest BCUT2D eigenvalue weighted by molar-refractivity contribution is -0.100. The molecule has 1 aromatic heterocycles. The fourth-order valence-corrected chi connectivity index (χ4v) is 5.54. The molecule has 4 nitrogen and oxygen atoms in total. The van der Waals surface area contributed by atoms with E-state index in [0.29, 0.717) is 25.9 Å². The Hall–Kier alpha value is -2.63. The van der Waals surface area contributed by atoms with Crippen molar-refractivity contribution in [3.63, 3.8) is 0 Å². The maximum atomic E-state index is 13.9. The molecule has 0 radical (unpaired) electrons. The van der Waals surface area contributed by atoms with Crippen molar-refractivity contribution in [1.82, 2.24) is 9.88 Å². The summed E-state index contributed by atoms with van der Waals surface area (Å²) < 4.78 is 13.9. The topological polar surface area (TPSA) is 59.5 Å². The number of fused-ring (bicyclic) bond motifs is 4. The van der Waals surface area contributed by atoms with Gasteiger partial charge in [-0.2, -0.15) is 0 Å². The number of piperidine rings is 1. The van der Waals surface area contributed by atoms with Gasteiger partial charge in [-0.1, -0.05) is 18.2 Å². The number of phenols is 1. The Morgan fingerprint density at radius 3 is 2.86 bits per heavy atom. The van der Waals surface area contributed by atoms with E-state index in [2.05, 4.69) is 16.5 Å². The normalized spacial score (nSPS) is 26.8. The maximum absolute atomic E-state index is 13.9. The number of halogens is 1. The molecule has 0 amide bonds. The van der Waals surface area contributed by atoms with Crippen LogP contribution in [-0.2, 0) is 18.3 Å². The molecule has 2 aliphatic rings. The van der Waals surface area contributed by atoms with Crippen LogP contribution in [-0.4, -0.2) is 45.3 Å². The van der Waals surface area contributed by atoms with Gasteiger partial charge in [-0.15, -0.1) is 6.58 Å². The molecule has 2 aromatic carbocycles. The zero-order valence-corrected chi connectivity index (χ0v) is 16.3. The number of likely N-dealkylation sites (tertiary alicyclic amines) is 1. The molecule has 1 saturated heterocycles. The van der Waals surface area contributed by atoms with Gasteiger partial charge >= 0.3 is 0 Å². The Balaban J connectivity index is 1.70. The van der Waals surface area contributed by atoms with Crippen molar-refractivity contribution in [2.24, 2.45) is 0 Å². The van der Waals surface area contributed by atoms with Crippen LogP contribution < -0.4 is 0 Å². The standard InChI is InChI=1S/C24H25FN2O2/c1-2-9-27-10-8-23(16-4-3-5-18(28)11-16)14-22-20(13-24(23,29)15-27)19-12-17(25)6-7-21(19)26-22/h2-7,11-12,26,28-29H,1,8-10,13-15H2/t23-,24-/m0/s1. The van der Waals surface area contributed by atoms with Gasteiger partial charge in [-0.3, -0.25) is 4.90 Å². The van der Waals surface area contributed by atoms with E-state index in [1.807, 2.05) is 18.2 Å². The number of benzene rings is 2. The molecule has 0 spiro atoms. The van der Waals surface area contributed by atoms with Gasteiger partial charge in [0.25, 0.3) is 0 Å². The first-order valence-corrected chi connectivity index (χ1v) is 10.1. The van der Waals surface area contributed by atoms with Crippen LogP contribution in [0.15, 0.2) is 55.1 Å². The highest BCUT2D eigenvalue weighted by atomic mass is 19.1. The summed E-state index contributed by atoms with van der Waals surface area (Å²) in [6.45, 7) is 5.91. The Morgan fingerprint density at radius 1 is 1.21 bits per heavy atom. The Kier molecular flexibility index (Phi) is 4.09. The Labute approximate surface area is 169 Å². The zero-order valence-electron chi connectivity index (χ0n) is 16.3. The molecule has 2 atom stereocenters. The summed E-state index contributed by atoms with van der Waals surface area (Å²) in [5, 5.41) is 23.1. The number of β-amino-alcohol motifs (C(OH)–C–C–N with tert-alkyl or cyclic N) is 1. The molecule has 0 bridgehead atoms. The molecule has 3 N–H and O–H groups in total. The smallest absolute Gasteiger partial charge is 0.123 e. The van der Waals surface area contributed by atoms with Crippen LogP contribution in [0.1, 0.15) is 23.2 Å². The molecule has 150 valence electrons. The van der Waals surface area contributed by atoms with E-state index in [-0.39, 0.29) is 11.6 Å². The number of H-pyrrole nitrogens is 1. The van der Waals surface area contributed by atoms with Crippen molar-refractivity contribution >= 4 is 10.9 Å². The number of hydrogen-bond acceptors (Lipinski definition) is 3. The van der Waals surface area contributed by atoms with Gasteiger partial charge in [-0.05, 0) is 54.4 Å². The number of nitrogens with zero attached hydrogens (tertiary/aromatic N) is 1. The van der Waals surface area contributed by atoms with E-state index >= 15 is 0 Å². The Bertz CT molecular complexity index is 1110. The lowest BCUT2D eigenvalue weighted by Crippen LogP contribution is -2.66. The van der Waals surface area contributed by atoms with Gasteiger partial charge in [0.15, 0.2) is 0 Å². The number of aromatic amines is 1. The van der Waals surface area contributed by atoms with Gasteiger partial charge in [-0.25, -0.2) is 4.39 Å². The lowest BCUT2D eigenvalue weighted by Gasteiger charge is -2.56. The minimum Gasteiger partial charge on any atom is -0.508 e. The lowest BCUT2D eigenvalue weighted by atomic mass is 9.56. The predicted molar refractivity (Wildman–Crippen MR) is 112 cm³/mol. The van der Waals surface area contributed by atoms with Gasteiger partial charge in [0.1, 0.15) is 11.6 Å². The Morgan fingerprint density at radius 2 is 2.07 bits per heavy atom. The molecule has 3 aromatic rings. The van der Waals surface area contributed by atoms with Crippen molar-refractivity contribution in [2.45, 2.75) is 30.3 Å². The van der Waals surface area contributed by atoms with Crippen LogP contribution in [0.3, 0.4) is 0 Å². The number of aromatic nitrogens is 1. The molecular formula is C24H25FN2O2. The number of phenolic OH excluding ortho intramolecular Hbond substituents is 1. The van der Waals surface area contributed by atoms with Crippen LogP contribution in [0.2, 0.25) is 0 Å². The second-order valence-corrected chi connectivity index (χ2v) is 8.56. The van der Waals surface area contributed by atoms with E-state index in [1.54, 1.807) is 24.3 Å². The van der Waals surface area contributed by atoms with Gasteiger partial charge < -0.3 is 15.2 Å². The van der Waals surface area contributed by atoms with Crippen LogP contribution in [0.4, 0.5) is 4.39 Å². The van der Waals surface area contributed by atoms with Crippen LogP contribution >= 0.6 is 0 Å². The number of aromatic hydroxyl groups is 1. The molecule has 0 saturated carbocycles. The number of rotatable bonds is 3. The first-order chi connectivity index (χ1) is 13.9. The second kappa shape index (κ2) is 6.44. The first-order valence-electron chi connectivity index (χ1n) is 10.1. The van der Waals surface area contributed by atoms with Gasteiger partial charge in [0, 0.05) is 47.9 Å². The molecule has 1 fully saturated rings. The van der Waals surface area contributed by atoms with Crippen molar-refractivity contribution in [3.05, 3.63) is 77.8 Å². The number of aliphatic hydroxyl groups is 1. The van der Waals surface area contributed by atoms with Crippen molar-refractivity contribution in [1.29, 1.82) is 0 Å². The quantitative estimate of drug-likeness (QED) is 0.596. The van der Waals surface area contributed by atoms with Gasteiger partial charge in [0.05, 0.1) is 5.60 Å². The van der Waals surface area contributed by atoms with Crippen LogP contribution in [0, 0.1) is 5.82 Å². The SMILES string of the molecule is C=CCN1CC[C@@]2(c3cccc(O)c3)Cc3[nH]c4ccc(F)cc4c3C[C@]2(O)C1. The average Bonchev–Trinajstić information content (AvgIpc) is 3.02. The number of hydrogen-bond donors (Lipinski definition) is 3. The fraction of sp³-hybridized carbons (Fsp3) is 0.333. The van der Waals surface area contributed by atoms with E-state index in [1.165, 1.54) is 6.07 Å². The number of nitrogens with one attached hydrogen (secondary N) is 1. The summed E-state index contributed by atoms with van der Waals surface area (Å²) >= 11 is 0. The molecular weight excluding hydrogens is 367 g/mol. The zero-order chi connectivity index (χ0) is 20.2. The monoisotopic (exact) mass is 392 g/mol. The fourth-order valence-electron chi connectivity index (χ4n) is 5.54. The summed E-state index contributed by atoms with van der Waals surface area (Å²) in [4.78, 5) is 5.69. The predicted octanol–water partition coefficient (Wildman–Crippen LogP) is 3.67. The molecule has 2 heterocycles. The van der Waals surface area contributed by atoms with Crippen LogP contribution in [0.25, 0.3) is 10.9 Å². The summed E-state index contributed by atoms with van der Waals surface area (Å²) in [6.07, 6.45) is 3.69. The van der Waals surface area contributed by atoms with E-state index in [0.717, 1.165) is 40.7 Å². The van der Waals surface area contributed by atoms with Crippen LogP contribution in [0.5, 0.6) is 5.75 Å². The van der Waals surface area contributed by atoms with E-state index in [4.69, 9.17) is 0 Å². The highest BCUT2D eigenvalue weighted by Gasteiger charge is 2.57. The highest BCUT2D eigenvalue weighted by molar-refractivity contribution is 5.85. The minimum absolute atomic E-state index is 0.206. The second-order valence-electron chi connectivity index (χ2n) is 8.56.